The topological polar surface area (TPSA) is 57.7 Å². The third-order valence-electron chi connectivity index (χ3n) is 7.72. The molecule has 2 saturated heterocycles. The number of aryl methyl sites for hydroxylation is 2. The van der Waals surface area contributed by atoms with E-state index in [1.807, 2.05) is 17.8 Å². The summed E-state index contributed by atoms with van der Waals surface area (Å²) in [5.41, 5.74) is 4.65. The van der Waals surface area contributed by atoms with Crippen LogP contribution in [0.4, 0.5) is 17.3 Å². The minimum atomic E-state index is -0.0812. The fourth-order valence-electron chi connectivity index (χ4n) is 5.42. The van der Waals surface area contributed by atoms with Gasteiger partial charge in [-0.15, -0.1) is 11.8 Å². The van der Waals surface area contributed by atoms with Crippen LogP contribution in [-0.2, 0) is 4.74 Å². The van der Waals surface area contributed by atoms with Gasteiger partial charge in [0.25, 0.3) is 5.91 Å². The molecule has 1 spiro atoms. The molecular weight excluding hydrogens is 456 g/mol. The number of thioether (sulfide) groups is 1. The third kappa shape index (κ3) is 5.46. The van der Waals surface area contributed by atoms with E-state index in [0.29, 0.717) is 17.8 Å². The number of anilines is 3. The maximum absolute atomic E-state index is 13.7. The van der Waals surface area contributed by atoms with Gasteiger partial charge in [-0.1, -0.05) is 6.92 Å². The number of rotatable bonds is 6. The molecule has 1 amide bonds. The summed E-state index contributed by atoms with van der Waals surface area (Å²) in [4.78, 5) is 24.4. The second-order valence-corrected chi connectivity index (χ2v) is 11.8. The Hall–Kier alpha value is -2.25. The standard InChI is InChI=1S/C28H38N4O2S/c1-5-35-24-17-23(31-10-8-28(6-7-28)9-11-31)22(16-20(24)3)27(33)30-25-14-19(2)15-26(29-25)32-12-13-34-21(4)18-32/h14-17,21H,5-13,18H2,1-4H3,(H,29,30,33)/t21-/m1/s1. The Morgan fingerprint density at radius 1 is 1.11 bits per heavy atom. The van der Waals surface area contributed by atoms with Crippen molar-refractivity contribution in [3.05, 3.63) is 41.0 Å². The normalized spacial score (nSPS) is 21.3. The van der Waals surface area contributed by atoms with Gasteiger partial charge in [-0.2, -0.15) is 0 Å². The summed E-state index contributed by atoms with van der Waals surface area (Å²) in [5, 5.41) is 3.14. The van der Waals surface area contributed by atoms with E-state index in [0.717, 1.165) is 60.1 Å². The number of pyridine rings is 1. The molecule has 35 heavy (non-hydrogen) atoms. The zero-order valence-corrected chi connectivity index (χ0v) is 22.3. The first-order valence-corrected chi connectivity index (χ1v) is 14.0. The van der Waals surface area contributed by atoms with Crippen molar-refractivity contribution in [2.24, 2.45) is 5.41 Å². The van der Waals surface area contributed by atoms with Crippen LogP contribution in [0.3, 0.4) is 0 Å². The molecule has 1 N–H and O–H groups in total. The molecule has 2 aromatic rings. The molecule has 3 heterocycles. The van der Waals surface area contributed by atoms with Gasteiger partial charge in [-0.3, -0.25) is 4.79 Å². The van der Waals surface area contributed by atoms with Gasteiger partial charge in [0.05, 0.1) is 24.0 Å². The van der Waals surface area contributed by atoms with Gasteiger partial charge in [-0.05, 0) is 93.0 Å². The maximum atomic E-state index is 13.7. The first-order chi connectivity index (χ1) is 16.9. The van der Waals surface area contributed by atoms with Crippen LogP contribution in [-0.4, -0.2) is 55.5 Å². The Bertz CT molecular complexity index is 1090. The number of aromatic nitrogens is 1. The van der Waals surface area contributed by atoms with Crippen molar-refractivity contribution in [2.75, 3.05) is 53.7 Å². The van der Waals surface area contributed by atoms with E-state index in [9.17, 15) is 4.79 Å². The van der Waals surface area contributed by atoms with E-state index in [2.05, 4.69) is 61.0 Å². The van der Waals surface area contributed by atoms with Crippen molar-refractivity contribution in [2.45, 2.75) is 64.4 Å². The van der Waals surface area contributed by atoms with Gasteiger partial charge in [0.15, 0.2) is 0 Å². The maximum Gasteiger partial charge on any atom is 0.258 e. The first kappa shape index (κ1) is 24.4. The lowest BCUT2D eigenvalue weighted by molar-refractivity contribution is 0.0529. The number of hydrogen-bond acceptors (Lipinski definition) is 6. The number of nitrogens with zero attached hydrogens (tertiary/aromatic N) is 3. The predicted molar refractivity (Wildman–Crippen MR) is 145 cm³/mol. The summed E-state index contributed by atoms with van der Waals surface area (Å²) in [5.74, 6) is 2.44. The third-order valence-corrected chi connectivity index (χ3v) is 8.76. The van der Waals surface area contributed by atoms with Crippen molar-refractivity contribution < 1.29 is 9.53 Å². The van der Waals surface area contributed by atoms with Crippen molar-refractivity contribution >= 4 is 35.0 Å². The van der Waals surface area contributed by atoms with Gasteiger partial charge < -0.3 is 19.9 Å². The predicted octanol–water partition coefficient (Wildman–Crippen LogP) is 5.67. The highest BCUT2D eigenvalue weighted by atomic mass is 32.2. The lowest BCUT2D eigenvalue weighted by Gasteiger charge is -2.35. The van der Waals surface area contributed by atoms with Gasteiger partial charge >= 0.3 is 0 Å². The number of carbonyl (C=O) groups excluding carboxylic acids is 1. The average Bonchev–Trinajstić information content (AvgIpc) is 3.59. The Morgan fingerprint density at radius 3 is 2.57 bits per heavy atom. The van der Waals surface area contributed by atoms with E-state index in [1.54, 1.807) is 0 Å². The lowest BCUT2D eigenvalue weighted by Crippen LogP contribution is -2.41. The smallest absolute Gasteiger partial charge is 0.258 e. The highest BCUT2D eigenvalue weighted by Gasteiger charge is 2.44. The number of ether oxygens (including phenoxy) is 1. The SMILES string of the molecule is CCSc1cc(N2CCC3(CC2)CC3)c(C(=O)Nc2cc(C)cc(N3CCO[C@H](C)C3)n2)cc1C. The molecule has 3 aliphatic rings. The number of benzene rings is 1. The molecule has 1 aromatic heterocycles. The van der Waals surface area contributed by atoms with Crippen LogP contribution in [0, 0.1) is 19.3 Å². The van der Waals surface area contributed by atoms with Crippen molar-refractivity contribution in [3.63, 3.8) is 0 Å². The van der Waals surface area contributed by atoms with Crippen molar-refractivity contribution in [3.8, 4) is 0 Å². The van der Waals surface area contributed by atoms with Crippen LogP contribution >= 0.6 is 11.8 Å². The molecule has 3 fully saturated rings. The summed E-state index contributed by atoms with van der Waals surface area (Å²) >= 11 is 1.85. The molecule has 1 atom stereocenters. The fraction of sp³-hybridized carbons (Fsp3) is 0.571. The number of amides is 1. The number of morpholine rings is 1. The van der Waals surface area contributed by atoms with Crippen LogP contribution in [0.1, 0.15) is 61.0 Å². The van der Waals surface area contributed by atoms with Gasteiger partial charge in [0, 0.05) is 31.1 Å². The number of nitrogens with one attached hydrogen (secondary N) is 1. The van der Waals surface area contributed by atoms with Gasteiger partial charge in [-0.25, -0.2) is 4.98 Å². The zero-order valence-electron chi connectivity index (χ0n) is 21.5. The molecule has 6 nitrogen and oxygen atoms in total. The molecule has 1 aliphatic carbocycles. The summed E-state index contributed by atoms with van der Waals surface area (Å²) in [6, 6.07) is 8.36. The van der Waals surface area contributed by atoms with Crippen molar-refractivity contribution in [1.29, 1.82) is 0 Å². The highest BCUT2D eigenvalue weighted by Crippen LogP contribution is 2.54. The molecular formula is C28H38N4O2S. The highest BCUT2D eigenvalue weighted by molar-refractivity contribution is 7.99. The molecule has 188 valence electrons. The second-order valence-electron chi connectivity index (χ2n) is 10.5. The van der Waals surface area contributed by atoms with Gasteiger partial charge in [0.1, 0.15) is 11.6 Å². The molecule has 1 saturated carbocycles. The Morgan fingerprint density at radius 2 is 1.89 bits per heavy atom. The number of hydrogen-bond donors (Lipinski definition) is 1. The number of piperidine rings is 1. The van der Waals surface area contributed by atoms with Crippen molar-refractivity contribution in [1.82, 2.24) is 4.98 Å². The summed E-state index contributed by atoms with van der Waals surface area (Å²) in [7, 11) is 0. The molecule has 5 rings (SSSR count). The minimum absolute atomic E-state index is 0.0812. The molecule has 2 aliphatic heterocycles. The van der Waals surface area contributed by atoms with E-state index in [-0.39, 0.29) is 12.0 Å². The molecule has 0 radical (unpaired) electrons. The first-order valence-electron chi connectivity index (χ1n) is 13.0. The van der Waals surface area contributed by atoms with Gasteiger partial charge in [0.2, 0.25) is 0 Å². The van der Waals surface area contributed by atoms with Crippen LogP contribution in [0.5, 0.6) is 0 Å². The Labute approximate surface area is 213 Å². The average molecular weight is 495 g/mol. The minimum Gasteiger partial charge on any atom is -0.375 e. The summed E-state index contributed by atoms with van der Waals surface area (Å²) in [6.07, 6.45) is 5.40. The monoisotopic (exact) mass is 494 g/mol. The zero-order chi connectivity index (χ0) is 24.6. The van der Waals surface area contributed by atoms with E-state index in [1.165, 1.54) is 30.6 Å². The Balaban J connectivity index is 1.41. The quantitative estimate of drug-likeness (QED) is 0.522. The Kier molecular flexibility index (Phi) is 6.99. The lowest BCUT2D eigenvalue weighted by atomic mass is 9.92. The van der Waals surface area contributed by atoms with Crippen LogP contribution in [0.15, 0.2) is 29.2 Å². The van der Waals surface area contributed by atoms with Crippen LogP contribution in [0.2, 0.25) is 0 Å². The van der Waals surface area contributed by atoms with E-state index in [4.69, 9.17) is 9.72 Å². The summed E-state index contributed by atoms with van der Waals surface area (Å²) < 4.78 is 5.69. The molecule has 7 heteroatoms. The van der Waals surface area contributed by atoms with E-state index < -0.39 is 0 Å². The largest absolute Gasteiger partial charge is 0.375 e. The van der Waals surface area contributed by atoms with Crippen LogP contribution < -0.4 is 15.1 Å². The molecule has 1 aromatic carbocycles. The fourth-order valence-corrected chi connectivity index (χ4v) is 6.21. The van der Waals surface area contributed by atoms with E-state index >= 15 is 0 Å². The van der Waals surface area contributed by atoms with Crippen LogP contribution in [0.25, 0.3) is 0 Å². The molecule has 0 bridgehead atoms. The summed E-state index contributed by atoms with van der Waals surface area (Å²) in [6.45, 7) is 12.8. The second kappa shape index (κ2) is 10.0. The number of carbonyl (C=O) groups is 1. The molecule has 0 unspecified atom stereocenters.